The third kappa shape index (κ3) is 5.16. The predicted molar refractivity (Wildman–Crippen MR) is 116 cm³/mol. The summed E-state index contributed by atoms with van der Waals surface area (Å²) in [6.07, 6.45) is 0. The zero-order valence-corrected chi connectivity index (χ0v) is 18.9. The maximum absolute atomic E-state index is 13.4. The van der Waals surface area contributed by atoms with Crippen molar-refractivity contribution in [2.45, 2.75) is 58.5 Å². The second-order valence-electron chi connectivity index (χ2n) is 7.70. The molecule has 0 radical (unpaired) electrons. The molecule has 29 heavy (non-hydrogen) atoms. The first-order chi connectivity index (χ1) is 13.5. The molecular formula is C22H30N2O4S. The van der Waals surface area contributed by atoms with E-state index in [1.807, 2.05) is 45.9 Å². The average Bonchev–Trinajstić information content (AvgIpc) is 2.62. The Morgan fingerprint density at radius 1 is 1.03 bits per heavy atom. The summed E-state index contributed by atoms with van der Waals surface area (Å²) in [5.41, 5.74) is 3.11. The summed E-state index contributed by atoms with van der Waals surface area (Å²) in [4.78, 5) is 15.1. The van der Waals surface area contributed by atoms with Crippen LogP contribution in [0.4, 0.5) is 5.69 Å². The Morgan fingerprint density at radius 2 is 1.69 bits per heavy atom. The maximum Gasteiger partial charge on any atom is 0.258 e. The SMILES string of the molecule is COc1ccc(C(=O)N(c2cc(C)ccc2C)C(C)C)cc1S(=O)(=O)NC(C)C. The average molecular weight is 419 g/mol. The summed E-state index contributed by atoms with van der Waals surface area (Å²) < 4.78 is 33.3. The Balaban J connectivity index is 2.59. The van der Waals surface area contributed by atoms with Crippen LogP contribution in [0.5, 0.6) is 5.75 Å². The largest absolute Gasteiger partial charge is 0.495 e. The van der Waals surface area contributed by atoms with E-state index in [4.69, 9.17) is 4.74 Å². The number of hydrogen-bond donors (Lipinski definition) is 1. The first-order valence-electron chi connectivity index (χ1n) is 9.59. The highest BCUT2D eigenvalue weighted by Crippen LogP contribution is 2.29. The molecule has 0 atom stereocenters. The Hall–Kier alpha value is -2.38. The van der Waals surface area contributed by atoms with Gasteiger partial charge in [-0.15, -0.1) is 0 Å². The number of sulfonamides is 1. The van der Waals surface area contributed by atoms with Gasteiger partial charge in [-0.2, -0.15) is 0 Å². The Morgan fingerprint density at radius 3 is 2.24 bits per heavy atom. The number of carbonyl (C=O) groups excluding carboxylic acids is 1. The zero-order valence-electron chi connectivity index (χ0n) is 18.1. The van der Waals surface area contributed by atoms with Gasteiger partial charge in [-0.3, -0.25) is 4.79 Å². The van der Waals surface area contributed by atoms with Crippen molar-refractivity contribution in [1.29, 1.82) is 0 Å². The van der Waals surface area contributed by atoms with Crippen LogP contribution >= 0.6 is 0 Å². The smallest absolute Gasteiger partial charge is 0.258 e. The van der Waals surface area contributed by atoms with Crippen molar-refractivity contribution < 1.29 is 17.9 Å². The highest BCUT2D eigenvalue weighted by Gasteiger charge is 2.26. The van der Waals surface area contributed by atoms with Gasteiger partial charge in [0.2, 0.25) is 10.0 Å². The number of rotatable bonds is 7. The number of hydrogen-bond acceptors (Lipinski definition) is 4. The van der Waals surface area contributed by atoms with Gasteiger partial charge in [-0.1, -0.05) is 12.1 Å². The maximum atomic E-state index is 13.4. The second-order valence-corrected chi connectivity index (χ2v) is 9.38. The van der Waals surface area contributed by atoms with Gasteiger partial charge in [0.25, 0.3) is 5.91 Å². The second kappa shape index (κ2) is 8.97. The van der Waals surface area contributed by atoms with Gasteiger partial charge < -0.3 is 9.64 Å². The predicted octanol–water partition coefficient (Wildman–Crippen LogP) is 4.05. The minimum absolute atomic E-state index is 0.0516. The number of nitrogens with one attached hydrogen (secondary N) is 1. The Kier molecular flexibility index (Phi) is 7.08. The fourth-order valence-corrected chi connectivity index (χ4v) is 4.58. The molecule has 0 heterocycles. The lowest BCUT2D eigenvalue weighted by Gasteiger charge is -2.29. The van der Waals surface area contributed by atoms with E-state index in [0.717, 1.165) is 16.8 Å². The van der Waals surface area contributed by atoms with Crippen molar-refractivity contribution in [3.05, 3.63) is 53.1 Å². The molecule has 1 amide bonds. The third-order valence-electron chi connectivity index (χ3n) is 4.45. The molecule has 0 aliphatic heterocycles. The van der Waals surface area contributed by atoms with E-state index in [1.54, 1.807) is 24.8 Å². The van der Waals surface area contributed by atoms with Gasteiger partial charge in [0.1, 0.15) is 10.6 Å². The molecule has 2 aromatic carbocycles. The number of anilines is 1. The molecule has 0 aromatic heterocycles. The van der Waals surface area contributed by atoms with Gasteiger partial charge >= 0.3 is 0 Å². The van der Waals surface area contributed by atoms with Crippen LogP contribution in [-0.2, 0) is 10.0 Å². The molecule has 0 saturated heterocycles. The molecule has 158 valence electrons. The van der Waals surface area contributed by atoms with E-state index >= 15 is 0 Å². The zero-order chi connectivity index (χ0) is 21.9. The van der Waals surface area contributed by atoms with E-state index in [1.165, 1.54) is 19.2 Å². The van der Waals surface area contributed by atoms with Crippen molar-refractivity contribution in [3.63, 3.8) is 0 Å². The number of carbonyl (C=O) groups is 1. The molecule has 2 aromatic rings. The molecule has 1 N–H and O–H groups in total. The number of methoxy groups -OCH3 is 1. The summed E-state index contributed by atoms with van der Waals surface area (Å²) in [6, 6.07) is 10.0. The Labute approximate surface area is 173 Å². The molecule has 7 heteroatoms. The number of aryl methyl sites for hydroxylation is 2. The summed E-state index contributed by atoms with van der Waals surface area (Å²) >= 11 is 0. The standard InChI is InChI=1S/C22H30N2O4S/c1-14(2)23-29(26,27)21-13-18(10-11-20(21)28-7)22(25)24(15(3)4)19-12-16(5)8-9-17(19)6/h8-15,23H,1-7H3. The van der Waals surface area contributed by atoms with Crippen LogP contribution in [0, 0.1) is 13.8 Å². The highest BCUT2D eigenvalue weighted by atomic mass is 32.2. The summed E-state index contributed by atoms with van der Waals surface area (Å²) in [5.74, 6) is -0.0742. The lowest BCUT2D eigenvalue weighted by Crippen LogP contribution is -2.38. The molecule has 0 aliphatic carbocycles. The van der Waals surface area contributed by atoms with Crippen molar-refractivity contribution in [2.75, 3.05) is 12.0 Å². The normalized spacial score (nSPS) is 11.8. The highest BCUT2D eigenvalue weighted by molar-refractivity contribution is 7.89. The van der Waals surface area contributed by atoms with E-state index in [2.05, 4.69) is 4.72 Å². The van der Waals surface area contributed by atoms with Crippen LogP contribution in [-0.4, -0.2) is 33.5 Å². The van der Waals surface area contributed by atoms with Crippen LogP contribution in [0.1, 0.15) is 49.2 Å². The van der Waals surface area contributed by atoms with E-state index in [9.17, 15) is 13.2 Å². The molecule has 0 aliphatic rings. The summed E-state index contributed by atoms with van der Waals surface area (Å²) in [6.45, 7) is 11.3. The van der Waals surface area contributed by atoms with Crippen LogP contribution in [0.25, 0.3) is 0 Å². The molecule has 0 fully saturated rings. The fraction of sp³-hybridized carbons (Fsp3) is 0.409. The molecule has 0 unspecified atom stereocenters. The number of ether oxygens (including phenoxy) is 1. The monoisotopic (exact) mass is 418 g/mol. The summed E-state index contributed by atoms with van der Waals surface area (Å²) in [5, 5.41) is 0. The number of nitrogens with zero attached hydrogens (tertiary/aromatic N) is 1. The van der Waals surface area contributed by atoms with Crippen LogP contribution < -0.4 is 14.4 Å². The lowest BCUT2D eigenvalue weighted by atomic mass is 10.1. The quantitative estimate of drug-likeness (QED) is 0.736. The Bertz CT molecular complexity index is 998. The van der Waals surface area contributed by atoms with Gasteiger partial charge in [-0.05, 0) is 76.9 Å². The molecule has 0 spiro atoms. The number of benzene rings is 2. The first-order valence-corrected chi connectivity index (χ1v) is 11.1. The van der Waals surface area contributed by atoms with Crippen LogP contribution in [0.3, 0.4) is 0 Å². The molecular weight excluding hydrogens is 388 g/mol. The molecule has 0 saturated carbocycles. The first kappa shape index (κ1) is 22.9. The van der Waals surface area contributed by atoms with E-state index < -0.39 is 10.0 Å². The van der Waals surface area contributed by atoms with Crippen LogP contribution in [0.2, 0.25) is 0 Å². The van der Waals surface area contributed by atoms with E-state index in [-0.39, 0.29) is 34.2 Å². The van der Waals surface area contributed by atoms with E-state index in [0.29, 0.717) is 0 Å². The molecule has 6 nitrogen and oxygen atoms in total. The molecule has 2 rings (SSSR count). The minimum atomic E-state index is -3.83. The van der Waals surface area contributed by atoms with Gasteiger partial charge in [0, 0.05) is 23.3 Å². The van der Waals surface area contributed by atoms with Gasteiger partial charge in [0.05, 0.1) is 7.11 Å². The van der Waals surface area contributed by atoms with Gasteiger partial charge in [0.15, 0.2) is 0 Å². The van der Waals surface area contributed by atoms with Gasteiger partial charge in [-0.25, -0.2) is 13.1 Å². The van der Waals surface area contributed by atoms with Crippen molar-refractivity contribution in [1.82, 2.24) is 4.72 Å². The van der Waals surface area contributed by atoms with Crippen molar-refractivity contribution in [2.24, 2.45) is 0 Å². The fourth-order valence-electron chi connectivity index (χ4n) is 3.13. The van der Waals surface area contributed by atoms with Crippen LogP contribution in [0.15, 0.2) is 41.3 Å². The molecule has 0 bridgehead atoms. The lowest BCUT2D eigenvalue weighted by molar-refractivity contribution is 0.0980. The van der Waals surface area contributed by atoms with Crippen molar-refractivity contribution in [3.8, 4) is 5.75 Å². The number of amides is 1. The van der Waals surface area contributed by atoms with Crippen molar-refractivity contribution >= 4 is 21.6 Å². The topological polar surface area (TPSA) is 75.7 Å². The summed E-state index contributed by atoms with van der Waals surface area (Å²) in [7, 11) is -2.43. The third-order valence-corrected chi connectivity index (χ3v) is 6.13. The minimum Gasteiger partial charge on any atom is -0.495 e.